The van der Waals surface area contributed by atoms with Gasteiger partial charge < -0.3 is 14.8 Å². The molecular formula is C19H18FN3O4. The number of ether oxygens (including phenoxy) is 2. The Morgan fingerprint density at radius 1 is 1.19 bits per heavy atom. The van der Waals surface area contributed by atoms with E-state index in [1.807, 2.05) is 0 Å². The molecule has 140 valence electrons. The maximum atomic E-state index is 13.8. The molecule has 0 unspecified atom stereocenters. The van der Waals surface area contributed by atoms with Gasteiger partial charge in [-0.1, -0.05) is 19.1 Å². The molecule has 1 aromatic heterocycles. The Balaban J connectivity index is 1.75. The molecule has 1 atom stereocenters. The minimum atomic E-state index is -0.901. The molecule has 7 nitrogen and oxygen atoms in total. The first kappa shape index (κ1) is 18.4. The Hall–Kier alpha value is -3.42. The topological polar surface area (TPSA) is 86.5 Å². The Kier molecular flexibility index (Phi) is 5.65. The Bertz CT molecular complexity index is 911. The predicted molar refractivity (Wildman–Crippen MR) is 96.0 cm³/mol. The fraction of sp³-hybridized carbons (Fsp3) is 0.211. The lowest BCUT2D eigenvalue weighted by molar-refractivity contribution is -0.122. The highest BCUT2D eigenvalue weighted by Gasteiger charge is 2.23. The summed E-state index contributed by atoms with van der Waals surface area (Å²) in [5.74, 6) is -0.170. The van der Waals surface area contributed by atoms with Gasteiger partial charge in [0.15, 0.2) is 23.4 Å². The Morgan fingerprint density at radius 2 is 1.93 bits per heavy atom. The number of amides is 1. The van der Waals surface area contributed by atoms with Crippen LogP contribution in [-0.2, 0) is 4.79 Å². The number of hydrogen-bond acceptors (Lipinski definition) is 6. The standard InChI is InChI=1S/C19H18FN3O4/c1-3-15(26-16-7-5-4-6-14(16)20)19(24)21-18-17(22-27-23-18)12-8-10-13(25-2)11-9-12/h4-11,15H,3H2,1-2H3,(H,21,23,24)/t15-/m1/s1. The van der Waals surface area contributed by atoms with Crippen molar-refractivity contribution in [1.82, 2.24) is 10.3 Å². The lowest BCUT2D eigenvalue weighted by atomic mass is 10.1. The first-order chi connectivity index (χ1) is 13.1. The SMILES string of the molecule is CC[C@@H](Oc1ccccc1F)C(=O)Nc1nonc1-c1ccc(OC)cc1. The van der Waals surface area contributed by atoms with Crippen molar-refractivity contribution >= 4 is 11.7 Å². The van der Waals surface area contributed by atoms with Crippen LogP contribution in [0, 0.1) is 5.82 Å². The van der Waals surface area contributed by atoms with E-state index in [0.29, 0.717) is 23.4 Å². The number of carbonyl (C=O) groups excluding carboxylic acids is 1. The number of nitrogens with one attached hydrogen (secondary N) is 1. The van der Waals surface area contributed by atoms with E-state index in [4.69, 9.17) is 14.1 Å². The van der Waals surface area contributed by atoms with Gasteiger partial charge in [-0.3, -0.25) is 4.79 Å². The van der Waals surface area contributed by atoms with Crippen LogP contribution in [0.5, 0.6) is 11.5 Å². The third-order valence-electron chi connectivity index (χ3n) is 3.86. The second kappa shape index (κ2) is 8.31. The maximum Gasteiger partial charge on any atom is 0.266 e. The minimum Gasteiger partial charge on any atom is -0.497 e. The highest BCUT2D eigenvalue weighted by molar-refractivity contribution is 5.96. The molecule has 0 aliphatic heterocycles. The average Bonchev–Trinajstić information content (AvgIpc) is 3.15. The number of halogens is 1. The highest BCUT2D eigenvalue weighted by atomic mass is 19.1. The summed E-state index contributed by atoms with van der Waals surface area (Å²) in [5, 5.41) is 10.2. The van der Waals surface area contributed by atoms with Crippen molar-refractivity contribution in [2.24, 2.45) is 0 Å². The average molecular weight is 371 g/mol. The van der Waals surface area contributed by atoms with Gasteiger partial charge in [-0.15, -0.1) is 0 Å². The summed E-state index contributed by atoms with van der Waals surface area (Å²) >= 11 is 0. The van der Waals surface area contributed by atoms with Crippen molar-refractivity contribution in [2.45, 2.75) is 19.4 Å². The van der Waals surface area contributed by atoms with Crippen LogP contribution < -0.4 is 14.8 Å². The van der Waals surface area contributed by atoms with Gasteiger partial charge in [-0.25, -0.2) is 9.02 Å². The third-order valence-corrected chi connectivity index (χ3v) is 3.86. The summed E-state index contributed by atoms with van der Waals surface area (Å²) in [4.78, 5) is 12.6. The van der Waals surface area contributed by atoms with Crippen molar-refractivity contribution in [3.8, 4) is 22.8 Å². The quantitative estimate of drug-likeness (QED) is 0.682. The van der Waals surface area contributed by atoms with Crippen LogP contribution in [0.3, 0.4) is 0 Å². The van der Waals surface area contributed by atoms with Crippen LogP contribution >= 0.6 is 0 Å². The molecule has 2 aromatic carbocycles. The van der Waals surface area contributed by atoms with Crippen molar-refractivity contribution in [2.75, 3.05) is 12.4 Å². The number of hydrogen-bond donors (Lipinski definition) is 1. The molecule has 0 aliphatic rings. The molecule has 0 fully saturated rings. The van der Waals surface area contributed by atoms with E-state index in [0.717, 1.165) is 0 Å². The number of para-hydroxylation sites is 1. The second-order valence-corrected chi connectivity index (χ2v) is 5.62. The van der Waals surface area contributed by atoms with Gasteiger partial charge in [-0.2, -0.15) is 0 Å². The van der Waals surface area contributed by atoms with Gasteiger partial charge >= 0.3 is 0 Å². The first-order valence-corrected chi connectivity index (χ1v) is 8.31. The number of anilines is 1. The summed E-state index contributed by atoms with van der Waals surface area (Å²) < 4.78 is 29.1. The number of benzene rings is 2. The molecule has 1 heterocycles. The summed E-state index contributed by atoms with van der Waals surface area (Å²) in [6.07, 6.45) is -0.564. The van der Waals surface area contributed by atoms with Gasteiger partial charge in [0.05, 0.1) is 7.11 Å². The maximum absolute atomic E-state index is 13.8. The lowest BCUT2D eigenvalue weighted by Crippen LogP contribution is -2.32. The Labute approximate surface area is 155 Å². The first-order valence-electron chi connectivity index (χ1n) is 8.31. The van der Waals surface area contributed by atoms with Gasteiger partial charge in [0.2, 0.25) is 5.82 Å². The summed E-state index contributed by atoms with van der Waals surface area (Å²) in [6, 6.07) is 13.0. The molecule has 27 heavy (non-hydrogen) atoms. The zero-order valence-electron chi connectivity index (χ0n) is 14.8. The molecule has 0 bridgehead atoms. The van der Waals surface area contributed by atoms with E-state index in [-0.39, 0.29) is 11.6 Å². The van der Waals surface area contributed by atoms with E-state index < -0.39 is 17.8 Å². The van der Waals surface area contributed by atoms with Crippen LogP contribution in [0.1, 0.15) is 13.3 Å². The molecule has 0 radical (unpaired) electrons. The molecule has 0 saturated heterocycles. The molecule has 0 aliphatic carbocycles. The van der Waals surface area contributed by atoms with Gasteiger partial charge in [-0.05, 0) is 53.1 Å². The zero-order valence-corrected chi connectivity index (χ0v) is 14.8. The van der Waals surface area contributed by atoms with Gasteiger partial charge in [0, 0.05) is 5.56 Å². The monoisotopic (exact) mass is 371 g/mol. The van der Waals surface area contributed by atoms with E-state index in [2.05, 4.69) is 15.6 Å². The molecule has 3 rings (SSSR count). The molecule has 1 amide bonds. The van der Waals surface area contributed by atoms with Crippen LogP contribution in [0.4, 0.5) is 10.2 Å². The van der Waals surface area contributed by atoms with E-state index in [1.54, 1.807) is 50.4 Å². The van der Waals surface area contributed by atoms with Gasteiger partial charge in [0.1, 0.15) is 5.75 Å². The van der Waals surface area contributed by atoms with Crippen LogP contribution in [-0.4, -0.2) is 29.4 Å². The van der Waals surface area contributed by atoms with Crippen molar-refractivity contribution in [3.05, 3.63) is 54.3 Å². The smallest absolute Gasteiger partial charge is 0.266 e. The number of carbonyl (C=O) groups is 1. The van der Waals surface area contributed by atoms with Crippen LogP contribution in [0.15, 0.2) is 53.2 Å². The fourth-order valence-electron chi connectivity index (χ4n) is 2.42. The predicted octanol–water partition coefficient (Wildman–Crippen LogP) is 3.68. The van der Waals surface area contributed by atoms with Crippen LogP contribution in [0.25, 0.3) is 11.3 Å². The minimum absolute atomic E-state index is 0.00755. The third kappa shape index (κ3) is 4.22. The fourth-order valence-corrected chi connectivity index (χ4v) is 2.42. The number of rotatable bonds is 7. The molecule has 1 N–H and O–H groups in total. The molecule has 8 heteroatoms. The number of nitrogens with zero attached hydrogens (tertiary/aromatic N) is 2. The normalized spacial score (nSPS) is 11.7. The van der Waals surface area contributed by atoms with Gasteiger partial charge in [0.25, 0.3) is 5.91 Å². The lowest BCUT2D eigenvalue weighted by Gasteiger charge is -2.17. The zero-order chi connectivity index (χ0) is 19.2. The number of aromatic nitrogens is 2. The summed E-state index contributed by atoms with van der Waals surface area (Å²) in [7, 11) is 1.57. The molecule has 0 spiro atoms. The van der Waals surface area contributed by atoms with Crippen molar-refractivity contribution < 1.29 is 23.3 Å². The van der Waals surface area contributed by atoms with E-state index in [9.17, 15) is 9.18 Å². The highest BCUT2D eigenvalue weighted by Crippen LogP contribution is 2.27. The van der Waals surface area contributed by atoms with E-state index in [1.165, 1.54) is 12.1 Å². The number of methoxy groups -OCH3 is 1. The molecule has 3 aromatic rings. The van der Waals surface area contributed by atoms with Crippen molar-refractivity contribution in [3.63, 3.8) is 0 Å². The van der Waals surface area contributed by atoms with Crippen LogP contribution in [0.2, 0.25) is 0 Å². The molecule has 0 saturated carbocycles. The summed E-state index contributed by atoms with van der Waals surface area (Å²) in [6.45, 7) is 1.76. The largest absolute Gasteiger partial charge is 0.497 e. The Morgan fingerprint density at radius 3 is 2.59 bits per heavy atom. The van der Waals surface area contributed by atoms with Crippen molar-refractivity contribution in [1.29, 1.82) is 0 Å². The molecular weight excluding hydrogens is 353 g/mol. The summed E-state index contributed by atoms with van der Waals surface area (Å²) in [5.41, 5.74) is 1.06. The van der Waals surface area contributed by atoms with E-state index >= 15 is 0 Å². The second-order valence-electron chi connectivity index (χ2n) is 5.62.